The number of carbonyl (C=O) groups is 1. The minimum Gasteiger partial charge on any atom is -0.868 e. The van der Waals surface area contributed by atoms with Gasteiger partial charge in [0.2, 0.25) is 0 Å². The van der Waals surface area contributed by atoms with E-state index in [1.54, 1.807) is 38.1 Å². The topological polar surface area (TPSA) is 136 Å². The van der Waals surface area contributed by atoms with Crippen LogP contribution in [-0.4, -0.2) is 29.2 Å². The SMILES string of the molecule is CCOC(=O)C1=C(C)N=c2s/c(=C\c3ccc([O-])c([N+](=O)[O-])c3)c(=O)n2[C@@H]1c1ccccc1OC. The van der Waals surface area contributed by atoms with Crippen molar-refractivity contribution >= 4 is 29.1 Å². The van der Waals surface area contributed by atoms with Gasteiger partial charge < -0.3 is 14.6 Å². The molecule has 1 aliphatic rings. The number of nitrogens with zero attached hydrogens (tertiary/aromatic N) is 3. The molecule has 2 aromatic carbocycles. The second kappa shape index (κ2) is 9.55. The maximum absolute atomic E-state index is 13.6. The van der Waals surface area contributed by atoms with E-state index in [-0.39, 0.29) is 16.7 Å². The first kappa shape index (κ1) is 23.9. The van der Waals surface area contributed by atoms with Crippen LogP contribution >= 0.6 is 11.3 Å². The minimum absolute atomic E-state index is 0.146. The van der Waals surface area contributed by atoms with E-state index in [0.717, 1.165) is 23.5 Å². The molecular weight excluding hydrogens is 474 g/mol. The van der Waals surface area contributed by atoms with Crippen LogP contribution in [0.1, 0.15) is 31.0 Å². The van der Waals surface area contributed by atoms with Crippen LogP contribution in [0.2, 0.25) is 0 Å². The van der Waals surface area contributed by atoms with Gasteiger partial charge in [0.25, 0.3) is 11.2 Å². The monoisotopic (exact) mass is 494 g/mol. The number of thiazole rings is 1. The maximum atomic E-state index is 13.6. The summed E-state index contributed by atoms with van der Waals surface area (Å²) < 4.78 is 12.4. The number of carbonyl (C=O) groups excluding carboxylic acids is 1. The van der Waals surface area contributed by atoms with E-state index in [2.05, 4.69) is 4.99 Å². The number of para-hydroxylation sites is 1. The number of nitro benzene ring substituents is 1. The predicted octanol–water partition coefficient (Wildman–Crippen LogP) is 1.79. The number of fused-ring (bicyclic) bond motifs is 1. The van der Waals surface area contributed by atoms with Crippen molar-refractivity contribution in [3.63, 3.8) is 0 Å². The van der Waals surface area contributed by atoms with Gasteiger partial charge in [0, 0.05) is 11.6 Å². The number of hydrogen-bond acceptors (Lipinski definition) is 9. The van der Waals surface area contributed by atoms with E-state index in [0.29, 0.717) is 27.4 Å². The number of benzene rings is 2. The van der Waals surface area contributed by atoms with Crippen LogP contribution in [0.25, 0.3) is 6.08 Å². The second-order valence-electron chi connectivity index (χ2n) is 7.53. The molecule has 0 bridgehead atoms. The van der Waals surface area contributed by atoms with Gasteiger partial charge in [-0.1, -0.05) is 41.7 Å². The fourth-order valence-electron chi connectivity index (χ4n) is 3.90. The standard InChI is InChI=1S/C24H21N3O7S/c1-4-34-23(30)20-13(2)25-24-26(21(20)15-7-5-6-8-18(15)33-3)22(29)19(35-24)12-14-9-10-17(28)16(11-14)27(31)32/h5-12,21,28H,4H2,1-3H3/p-1/b19-12-/t21-/m1/s1. The first-order chi connectivity index (χ1) is 16.8. The van der Waals surface area contributed by atoms with E-state index in [4.69, 9.17) is 9.47 Å². The normalized spacial score (nSPS) is 15.4. The summed E-state index contributed by atoms with van der Waals surface area (Å²) in [6, 6.07) is 9.79. The smallest absolute Gasteiger partial charge is 0.338 e. The summed E-state index contributed by atoms with van der Waals surface area (Å²) in [5.41, 5.74) is 0.468. The first-order valence-electron chi connectivity index (χ1n) is 10.5. The Morgan fingerprint density at radius 1 is 1.29 bits per heavy atom. The lowest BCUT2D eigenvalue weighted by molar-refractivity contribution is -0.398. The average Bonchev–Trinajstić information content (AvgIpc) is 3.13. The number of ether oxygens (including phenoxy) is 2. The third kappa shape index (κ3) is 4.33. The molecule has 3 aromatic rings. The van der Waals surface area contributed by atoms with Crippen LogP contribution in [0.15, 0.2) is 63.5 Å². The van der Waals surface area contributed by atoms with Crippen molar-refractivity contribution in [1.29, 1.82) is 0 Å². The van der Waals surface area contributed by atoms with Gasteiger partial charge in [-0.25, -0.2) is 9.79 Å². The lowest BCUT2D eigenvalue weighted by atomic mass is 9.95. The molecule has 2 heterocycles. The number of allylic oxidation sites excluding steroid dienone is 1. The highest BCUT2D eigenvalue weighted by atomic mass is 32.1. The fraction of sp³-hybridized carbons (Fsp3) is 0.208. The summed E-state index contributed by atoms with van der Waals surface area (Å²) >= 11 is 1.07. The molecular formula is C24H20N3O7S-. The van der Waals surface area contributed by atoms with Crippen LogP contribution in [-0.2, 0) is 9.53 Å². The highest BCUT2D eigenvalue weighted by Gasteiger charge is 2.34. The molecule has 11 heteroatoms. The zero-order chi connectivity index (χ0) is 25.3. The number of methoxy groups -OCH3 is 1. The molecule has 4 rings (SSSR count). The van der Waals surface area contributed by atoms with E-state index in [1.807, 2.05) is 0 Å². The van der Waals surface area contributed by atoms with Crippen molar-refractivity contribution in [3.05, 3.63) is 94.7 Å². The van der Waals surface area contributed by atoms with Crippen molar-refractivity contribution in [2.45, 2.75) is 19.9 Å². The Kier molecular flexibility index (Phi) is 6.52. The van der Waals surface area contributed by atoms with Crippen LogP contribution in [0.3, 0.4) is 0 Å². The average molecular weight is 495 g/mol. The van der Waals surface area contributed by atoms with E-state index in [1.165, 1.54) is 23.8 Å². The molecule has 10 nitrogen and oxygen atoms in total. The van der Waals surface area contributed by atoms with Gasteiger partial charge in [0.1, 0.15) is 11.8 Å². The Labute approximate surface area is 202 Å². The number of nitro groups is 1. The highest BCUT2D eigenvalue weighted by molar-refractivity contribution is 7.07. The first-order valence-corrected chi connectivity index (χ1v) is 11.4. The van der Waals surface area contributed by atoms with Crippen molar-refractivity contribution in [2.75, 3.05) is 13.7 Å². The number of hydrogen-bond donors (Lipinski definition) is 0. The van der Waals surface area contributed by atoms with Crippen molar-refractivity contribution in [2.24, 2.45) is 4.99 Å². The van der Waals surface area contributed by atoms with Crippen molar-refractivity contribution < 1.29 is 24.3 Å². The Balaban J connectivity index is 1.98. The van der Waals surface area contributed by atoms with Crippen LogP contribution in [0.4, 0.5) is 5.69 Å². The third-order valence-corrected chi connectivity index (χ3v) is 6.41. The van der Waals surface area contributed by atoms with E-state index < -0.39 is 33.9 Å². The Morgan fingerprint density at radius 2 is 2.03 bits per heavy atom. The summed E-state index contributed by atoms with van der Waals surface area (Å²) in [5, 5.41) is 22.9. The molecule has 0 saturated heterocycles. The quantitative estimate of drug-likeness (QED) is 0.289. The van der Waals surface area contributed by atoms with Crippen molar-refractivity contribution in [1.82, 2.24) is 4.57 Å². The second-order valence-corrected chi connectivity index (χ2v) is 8.54. The van der Waals surface area contributed by atoms with Crippen LogP contribution < -0.4 is 24.7 Å². The fourth-order valence-corrected chi connectivity index (χ4v) is 4.94. The molecule has 0 spiro atoms. The zero-order valence-electron chi connectivity index (χ0n) is 19.0. The van der Waals surface area contributed by atoms with Gasteiger partial charge in [-0.2, -0.15) is 0 Å². The van der Waals surface area contributed by atoms with Gasteiger partial charge in [0.05, 0.1) is 34.4 Å². The summed E-state index contributed by atoms with van der Waals surface area (Å²) in [6.45, 7) is 3.50. The van der Waals surface area contributed by atoms with Crippen LogP contribution in [0, 0.1) is 10.1 Å². The Bertz CT molecular complexity index is 1550. The maximum Gasteiger partial charge on any atom is 0.338 e. The van der Waals surface area contributed by atoms with Gasteiger partial charge in [-0.3, -0.25) is 19.5 Å². The third-order valence-electron chi connectivity index (χ3n) is 5.43. The Hall–Kier alpha value is -4.25. The van der Waals surface area contributed by atoms with Gasteiger partial charge in [0.15, 0.2) is 4.80 Å². The highest BCUT2D eigenvalue weighted by Crippen LogP contribution is 2.35. The molecule has 0 N–H and O–H groups in total. The summed E-state index contributed by atoms with van der Waals surface area (Å²) in [4.78, 5) is 41.8. The van der Waals surface area contributed by atoms with Gasteiger partial charge in [-0.15, -0.1) is 0 Å². The molecule has 0 fully saturated rings. The molecule has 0 saturated carbocycles. The van der Waals surface area contributed by atoms with E-state index in [9.17, 15) is 24.8 Å². The lowest BCUT2D eigenvalue weighted by Crippen LogP contribution is -2.40. The molecule has 1 aliphatic heterocycles. The molecule has 180 valence electrons. The van der Waals surface area contributed by atoms with Gasteiger partial charge in [-0.05, 0) is 37.3 Å². The van der Waals surface area contributed by atoms with E-state index >= 15 is 0 Å². The molecule has 0 aliphatic carbocycles. The molecule has 35 heavy (non-hydrogen) atoms. The number of esters is 1. The predicted molar refractivity (Wildman–Crippen MR) is 126 cm³/mol. The number of rotatable bonds is 6. The summed E-state index contributed by atoms with van der Waals surface area (Å²) in [7, 11) is 1.50. The zero-order valence-corrected chi connectivity index (χ0v) is 19.8. The molecule has 0 radical (unpaired) electrons. The summed E-state index contributed by atoms with van der Waals surface area (Å²) in [5.74, 6) is -0.842. The molecule has 0 unspecified atom stereocenters. The lowest BCUT2D eigenvalue weighted by Gasteiger charge is -2.25. The number of aromatic nitrogens is 1. The molecule has 1 aromatic heterocycles. The van der Waals surface area contributed by atoms with Gasteiger partial charge >= 0.3 is 5.97 Å². The van der Waals surface area contributed by atoms with Crippen molar-refractivity contribution in [3.8, 4) is 11.5 Å². The molecule has 0 amide bonds. The molecule has 1 atom stereocenters. The largest absolute Gasteiger partial charge is 0.868 e. The Morgan fingerprint density at radius 3 is 2.71 bits per heavy atom. The minimum atomic E-state index is -0.859. The summed E-state index contributed by atoms with van der Waals surface area (Å²) in [6.07, 6.45) is 1.46. The van der Waals surface area contributed by atoms with Crippen LogP contribution in [0.5, 0.6) is 11.5 Å².